The maximum absolute atomic E-state index is 12.8. The fourth-order valence-electron chi connectivity index (χ4n) is 2.47. The van der Waals surface area contributed by atoms with E-state index in [4.69, 9.17) is 23.2 Å². The Bertz CT molecular complexity index is 1020. The number of aromatic nitrogens is 3. The number of carbonyl (C=O) groups excluding carboxylic acids is 1. The normalized spacial score (nSPS) is 12.3. The van der Waals surface area contributed by atoms with Gasteiger partial charge in [0.15, 0.2) is 11.5 Å². The molecule has 0 aliphatic rings. The molecule has 0 aliphatic carbocycles. The molecule has 3 heterocycles. The number of rotatable bonds is 5. The maximum atomic E-state index is 12.8. The van der Waals surface area contributed by atoms with Crippen molar-refractivity contribution in [1.82, 2.24) is 14.6 Å². The van der Waals surface area contributed by atoms with E-state index in [0.717, 1.165) is 0 Å². The minimum Gasteiger partial charge on any atom is -0.610 e. The number of hydrogen-bond donors (Lipinski definition) is 1. The lowest BCUT2D eigenvalue weighted by Gasteiger charge is -2.10. The van der Waals surface area contributed by atoms with Crippen LogP contribution < -0.4 is 0 Å². The Labute approximate surface area is 160 Å². The summed E-state index contributed by atoms with van der Waals surface area (Å²) in [5.41, 5.74) is 0.647. The quantitative estimate of drug-likeness (QED) is 0.510. The van der Waals surface area contributed by atoms with Gasteiger partial charge in [0.25, 0.3) is 0 Å². The standard InChI is InChI=1S/C16H11Cl2N3O4S/c1-26(25)15-3-2-8(13-5-12(16(23)24)20-21(13)15)14(22)4-9-10(17)6-19-7-11(9)18/h2-3,5-7H,4H2,1H3,(H,23,24). The van der Waals surface area contributed by atoms with Gasteiger partial charge in [-0.15, -0.1) is 0 Å². The number of carbonyl (C=O) groups is 2. The smallest absolute Gasteiger partial charge is 0.356 e. The number of halogens is 2. The first kappa shape index (κ1) is 18.7. The summed E-state index contributed by atoms with van der Waals surface area (Å²) in [5, 5.41) is 13.9. The first-order valence-corrected chi connectivity index (χ1v) is 9.51. The summed E-state index contributed by atoms with van der Waals surface area (Å²) in [7, 11) is 0. The number of nitrogens with zero attached hydrogens (tertiary/aromatic N) is 3. The van der Waals surface area contributed by atoms with Gasteiger partial charge in [-0.3, -0.25) is 9.78 Å². The van der Waals surface area contributed by atoms with Crippen LogP contribution in [0.15, 0.2) is 35.6 Å². The SMILES string of the molecule is C[S+]([O-])c1ccc(C(=O)Cc2c(Cl)cncc2Cl)c2cc(C(=O)O)nn12. The minimum absolute atomic E-state index is 0.0992. The molecule has 0 fully saturated rings. The molecule has 0 saturated carbocycles. The van der Waals surface area contributed by atoms with Gasteiger partial charge in [-0.1, -0.05) is 23.2 Å². The van der Waals surface area contributed by atoms with Crippen molar-refractivity contribution in [2.45, 2.75) is 11.4 Å². The lowest BCUT2D eigenvalue weighted by Crippen LogP contribution is -2.11. The van der Waals surface area contributed by atoms with Gasteiger partial charge in [0.05, 0.1) is 15.6 Å². The molecular formula is C16H11Cl2N3O4S. The molecule has 134 valence electrons. The van der Waals surface area contributed by atoms with Gasteiger partial charge in [-0.05, 0) is 12.1 Å². The molecule has 3 rings (SSSR count). The second-order valence-corrected chi connectivity index (χ2v) is 7.49. The number of ketones is 1. The summed E-state index contributed by atoms with van der Waals surface area (Å²) in [6.45, 7) is 0. The molecule has 26 heavy (non-hydrogen) atoms. The lowest BCUT2D eigenvalue weighted by atomic mass is 10.0. The average Bonchev–Trinajstić information content (AvgIpc) is 3.02. The van der Waals surface area contributed by atoms with Crippen LogP contribution in [0.5, 0.6) is 0 Å². The summed E-state index contributed by atoms with van der Waals surface area (Å²) in [6.07, 6.45) is 4.11. The molecule has 7 nitrogen and oxygen atoms in total. The van der Waals surface area contributed by atoms with Crippen LogP contribution in [-0.2, 0) is 17.6 Å². The van der Waals surface area contributed by atoms with Crippen LogP contribution in [-0.4, -0.2) is 42.3 Å². The Hall–Kier alpha value is -2.13. The van der Waals surface area contributed by atoms with Gasteiger partial charge in [0, 0.05) is 47.2 Å². The molecule has 1 unspecified atom stereocenters. The van der Waals surface area contributed by atoms with Crippen LogP contribution in [0.4, 0.5) is 0 Å². The van der Waals surface area contributed by atoms with Crippen molar-refractivity contribution in [3.05, 3.63) is 57.5 Å². The van der Waals surface area contributed by atoms with Gasteiger partial charge >= 0.3 is 5.97 Å². The highest BCUT2D eigenvalue weighted by atomic mass is 35.5. The Balaban J connectivity index is 2.11. The van der Waals surface area contributed by atoms with E-state index in [1.165, 1.54) is 41.4 Å². The fourth-order valence-corrected chi connectivity index (χ4v) is 3.61. The van der Waals surface area contributed by atoms with Gasteiger partial charge in [0.2, 0.25) is 5.03 Å². The van der Waals surface area contributed by atoms with Gasteiger partial charge in [0.1, 0.15) is 6.26 Å². The Morgan fingerprint density at radius 3 is 2.50 bits per heavy atom. The van der Waals surface area contributed by atoms with Crippen LogP contribution >= 0.6 is 23.2 Å². The number of carboxylic acids is 1. The lowest BCUT2D eigenvalue weighted by molar-refractivity contribution is 0.0689. The van der Waals surface area contributed by atoms with Crippen molar-refractivity contribution in [1.29, 1.82) is 0 Å². The van der Waals surface area contributed by atoms with Crippen molar-refractivity contribution in [3.63, 3.8) is 0 Å². The van der Waals surface area contributed by atoms with Crippen molar-refractivity contribution in [3.8, 4) is 0 Å². The molecule has 0 saturated heterocycles. The van der Waals surface area contributed by atoms with E-state index in [1.807, 2.05) is 0 Å². The fraction of sp³-hybridized carbons (Fsp3) is 0.125. The molecule has 3 aromatic rings. The molecule has 10 heteroatoms. The molecule has 0 aliphatic heterocycles. The molecule has 0 bridgehead atoms. The van der Waals surface area contributed by atoms with Gasteiger partial charge in [-0.2, -0.15) is 9.61 Å². The number of carboxylic acid groups (broad SMARTS) is 1. The highest BCUT2D eigenvalue weighted by molar-refractivity contribution is 7.90. The molecule has 0 amide bonds. The third-order valence-corrected chi connectivity index (χ3v) is 5.24. The van der Waals surface area contributed by atoms with Crippen LogP contribution in [0, 0.1) is 0 Å². The number of hydrogen-bond acceptors (Lipinski definition) is 5. The zero-order valence-corrected chi connectivity index (χ0v) is 15.6. The van der Waals surface area contributed by atoms with E-state index >= 15 is 0 Å². The van der Waals surface area contributed by atoms with Crippen LogP contribution in [0.25, 0.3) is 5.52 Å². The molecule has 0 radical (unpaired) electrons. The summed E-state index contributed by atoms with van der Waals surface area (Å²) in [6, 6.07) is 4.23. The third-order valence-electron chi connectivity index (χ3n) is 3.69. The van der Waals surface area contributed by atoms with Crippen LogP contribution in [0.1, 0.15) is 26.4 Å². The van der Waals surface area contributed by atoms with Crippen molar-refractivity contribution >= 4 is 51.6 Å². The summed E-state index contributed by atoms with van der Waals surface area (Å²) in [4.78, 5) is 27.9. The van der Waals surface area contributed by atoms with E-state index in [0.29, 0.717) is 5.56 Å². The molecule has 3 aromatic heterocycles. The molecule has 0 aromatic carbocycles. The Morgan fingerprint density at radius 1 is 1.27 bits per heavy atom. The zero-order valence-electron chi connectivity index (χ0n) is 13.3. The number of fused-ring (bicyclic) bond motifs is 1. The second-order valence-electron chi connectivity index (χ2n) is 5.35. The van der Waals surface area contributed by atoms with Crippen molar-refractivity contribution < 1.29 is 19.2 Å². The second kappa shape index (κ2) is 7.24. The largest absolute Gasteiger partial charge is 0.610 e. The maximum Gasteiger partial charge on any atom is 0.356 e. The summed E-state index contributed by atoms with van der Waals surface area (Å²) < 4.78 is 13.1. The molecular weight excluding hydrogens is 401 g/mol. The van der Waals surface area contributed by atoms with Crippen LogP contribution in [0.2, 0.25) is 10.0 Å². The first-order chi connectivity index (χ1) is 12.3. The Kier molecular flexibility index (Phi) is 5.19. The number of Topliss-reactive ketones (excluding diaryl/α,β-unsaturated/α-hetero) is 1. The zero-order chi connectivity index (χ0) is 19.0. The predicted octanol–water partition coefficient (Wildman–Crippen LogP) is 2.90. The monoisotopic (exact) mass is 411 g/mol. The molecule has 1 atom stereocenters. The predicted molar refractivity (Wildman–Crippen MR) is 96.8 cm³/mol. The van der Waals surface area contributed by atoms with Crippen molar-refractivity contribution in [2.24, 2.45) is 0 Å². The van der Waals surface area contributed by atoms with E-state index < -0.39 is 17.1 Å². The van der Waals surface area contributed by atoms with E-state index in [1.54, 1.807) is 0 Å². The third kappa shape index (κ3) is 3.41. The topological polar surface area (TPSA) is 108 Å². The highest BCUT2D eigenvalue weighted by Gasteiger charge is 2.22. The molecule has 0 spiro atoms. The minimum atomic E-state index is -1.42. The Morgan fingerprint density at radius 2 is 1.92 bits per heavy atom. The van der Waals surface area contributed by atoms with Crippen molar-refractivity contribution in [2.75, 3.05) is 6.26 Å². The highest BCUT2D eigenvalue weighted by Crippen LogP contribution is 2.26. The average molecular weight is 412 g/mol. The number of aromatic carboxylic acids is 1. The summed E-state index contributed by atoms with van der Waals surface area (Å²) in [5.74, 6) is -1.59. The number of pyridine rings is 2. The molecule has 1 N–H and O–H groups in total. The van der Waals surface area contributed by atoms with E-state index in [2.05, 4.69) is 10.1 Å². The van der Waals surface area contributed by atoms with Gasteiger partial charge < -0.3 is 9.66 Å². The van der Waals surface area contributed by atoms with E-state index in [9.17, 15) is 19.2 Å². The van der Waals surface area contributed by atoms with E-state index in [-0.39, 0.29) is 44.0 Å². The van der Waals surface area contributed by atoms with Crippen LogP contribution in [0.3, 0.4) is 0 Å². The van der Waals surface area contributed by atoms with Gasteiger partial charge in [-0.25, -0.2) is 4.79 Å². The summed E-state index contributed by atoms with van der Waals surface area (Å²) >= 11 is 10.7. The first-order valence-electron chi connectivity index (χ1n) is 7.20.